The molecule has 2 N–H and O–H groups in total. The first-order chi connectivity index (χ1) is 17.0. The SMILES string of the molecule is CON=C1C[C@@H](C(=O)N[C@@H]2CCCC[C@H]2CO)N(C(=O)c2ccc(-c3ccccc3C#N)cc2)C1. The Bertz CT molecular complexity index is 1140. The smallest absolute Gasteiger partial charge is 0.254 e. The van der Waals surface area contributed by atoms with E-state index in [1.54, 1.807) is 18.2 Å². The minimum Gasteiger partial charge on any atom is -0.399 e. The largest absolute Gasteiger partial charge is 0.399 e. The molecule has 8 nitrogen and oxygen atoms in total. The lowest BCUT2D eigenvalue weighted by Gasteiger charge is -2.33. The van der Waals surface area contributed by atoms with Crippen LogP contribution in [-0.4, -0.2) is 59.9 Å². The van der Waals surface area contributed by atoms with E-state index >= 15 is 0 Å². The van der Waals surface area contributed by atoms with Crippen LogP contribution in [0.2, 0.25) is 0 Å². The summed E-state index contributed by atoms with van der Waals surface area (Å²) in [6, 6.07) is 15.8. The van der Waals surface area contributed by atoms with Crippen LogP contribution in [0.15, 0.2) is 53.7 Å². The fourth-order valence-electron chi connectivity index (χ4n) is 5.03. The van der Waals surface area contributed by atoms with Gasteiger partial charge >= 0.3 is 0 Å². The van der Waals surface area contributed by atoms with Gasteiger partial charge in [0.05, 0.1) is 23.9 Å². The van der Waals surface area contributed by atoms with Gasteiger partial charge in [0.25, 0.3) is 5.91 Å². The lowest BCUT2D eigenvalue weighted by molar-refractivity contribution is -0.126. The van der Waals surface area contributed by atoms with Gasteiger partial charge in [-0.1, -0.05) is 48.3 Å². The molecule has 8 heteroatoms. The van der Waals surface area contributed by atoms with Gasteiger partial charge in [0.2, 0.25) is 5.91 Å². The molecule has 0 radical (unpaired) electrons. The predicted molar refractivity (Wildman–Crippen MR) is 131 cm³/mol. The molecule has 2 aromatic rings. The summed E-state index contributed by atoms with van der Waals surface area (Å²) in [5.74, 6) is -0.465. The van der Waals surface area contributed by atoms with Crippen LogP contribution in [0.4, 0.5) is 0 Å². The van der Waals surface area contributed by atoms with Gasteiger partial charge in [-0.3, -0.25) is 9.59 Å². The van der Waals surface area contributed by atoms with Crippen molar-refractivity contribution in [2.24, 2.45) is 11.1 Å². The number of likely N-dealkylation sites (tertiary alicyclic amines) is 1. The first-order valence-electron chi connectivity index (χ1n) is 12.0. The monoisotopic (exact) mass is 474 g/mol. The molecule has 0 spiro atoms. The van der Waals surface area contributed by atoms with Crippen molar-refractivity contribution in [3.63, 3.8) is 0 Å². The van der Waals surface area contributed by atoms with Crippen LogP contribution in [0.25, 0.3) is 11.1 Å². The van der Waals surface area contributed by atoms with Gasteiger partial charge in [-0.2, -0.15) is 5.26 Å². The fourth-order valence-corrected chi connectivity index (χ4v) is 5.03. The zero-order chi connectivity index (χ0) is 24.8. The van der Waals surface area contributed by atoms with Crippen molar-refractivity contribution >= 4 is 17.5 Å². The number of nitrogens with one attached hydrogen (secondary N) is 1. The van der Waals surface area contributed by atoms with Gasteiger partial charge in [0, 0.05) is 30.6 Å². The second-order valence-electron chi connectivity index (χ2n) is 9.07. The van der Waals surface area contributed by atoms with Gasteiger partial charge in [-0.15, -0.1) is 0 Å². The Morgan fingerprint density at radius 3 is 2.63 bits per heavy atom. The Hall–Kier alpha value is -3.70. The van der Waals surface area contributed by atoms with Crippen LogP contribution in [0.5, 0.6) is 0 Å². The molecule has 1 heterocycles. The van der Waals surface area contributed by atoms with E-state index < -0.39 is 6.04 Å². The number of rotatable bonds is 6. The standard InChI is InChI=1S/C27H30N4O4/c1-35-30-22-14-25(26(33)29-24-9-5-3-7-21(24)17-32)31(16-22)27(34)19-12-10-18(11-13-19)23-8-4-2-6-20(23)15-28/h2,4,6,8,10-13,21,24-25,32H,3,5,7,9,14,16-17H2,1H3,(H,29,33)/t21-,24+,25-/m0/s1. The second-order valence-corrected chi connectivity index (χ2v) is 9.07. The maximum Gasteiger partial charge on any atom is 0.254 e. The van der Waals surface area contributed by atoms with Crippen LogP contribution in [0.3, 0.4) is 0 Å². The van der Waals surface area contributed by atoms with Gasteiger partial charge in [0.15, 0.2) is 0 Å². The second kappa shape index (κ2) is 11.2. The van der Waals surface area contributed by atoms with Crippen LogP contribution in [0.1, 0.15) is 48.0 Å². The van der Waals surface area contributed by atoms with Crippen molar-refractivity contribution in [1.29, 1.82) is 5.26 Å². The van der Waals surface area contributed by atoms with E-state index in [1.165, 1.54) is 12.0 Å². The van der Waals surface area contributed by atoms with Crippen molar-refractivity contribution in [3.05, 3.63) is 59.7 Å². The third-order valence-electron chi connectivity index (χ3n) is 6.90. The molecule has 1 saturated heterocycles. The molecule has 0 bridgehead atoms. The number of carbonyl (C=O) groups excluding carboxylic acids is 2. The third-order valence-corrected chi connectivity index (χ3v) is 6.90. The molecule has 182 valence electrons. The molecule has 2 amide bonds. The summed E-state index contributed by atoms with van der Waals surface area (Å²) in [6.07, 6.45) is 4.06. The van der Waals surface area contributed by atoms with E-state index in [0.717, 1.165) is 36.8 Å². The van der Waals surface area contributed by atoms with Crippen LogP contribution in [-0.2, 0) is 9.63 Å². The summed E-state index contributed by atoms with van der Waals surface area (Å²) in [4.78, 5) is 33.2. The molecule has 35 heavy (non-hydrogen) atoms. The maximum absolute atomic E-state index is 13.5. The van der Waals surface area contributed by atoms with E-state index in [0.29, 0.717) is 23.3 Å². The lowest BCUT2D eigenvalue weighted by Crippen LogP contribution is -2.51. The molecular formula is C27H30N4O4. The third kappa shape index (κ3) is 5.36. The Morgan fingerprint density at radius 2 is 1.91 bits per heavy atom. The first kappa shape index (κ1) is 24.4. The molecule has 2 fully saturated rings. The highest BCUT2D eigenvalue weighted by atomic mass is 16.6. The van der Waals surface area contributed by atoms with E-state index in [9.17, 15) is 20.0 Å². The quantitative estimate of drug-likeness (QED) is 0.625. The highest BCUT2D eigenvalue weighted by Crippen LogP contribution is 2.27. The predicted octanol–water partition coefficient (Wildman–Crippen LogP) is 3.11. The molecule has 4 rings (SSSR count). The molecule has 0 unspecified atom stereocenters. The summed E-state index contributed by atoms with van der Waals surface area (Å²) in [5, 5.41) is 26.2. The van der Waals surface area contributed by atoms with Gasteiger partial charge in [-0.05, 0) is 42.2 Å². The number of aliphatic hydroxyl groups is 1. The fraction of sp³-hybridized carbons (Fsp3) is 0.407. The number of carbonyl (C=O) groups is 2. The summed E-state index contributed by atoms with van der Waals surface area (Å²) in [6.45, 7) is 0.244. The average molecular weight is 475 g/mol. The topological polar surface area (TPSA) is 115 Å². The van der Waals surface area contributed by atoms with Gasteiger partial charge in [0.1, 0.15) is 13.2 Å². The van der Waals surface area contributed by atoms with Crippen LogP contribution < -0.4 is 5.32 Å². The minimum absolute atomic E-state index is 0.0363. The van der Waals surface area contributed by atoms with E-state index in [2.05, 4.69) is 16.5 Å². The molecule has 3 atom stereocenters. The average Bonchev–Trinajstić information content (AvgIpc) is 3.33. The minimum atomic E-state index is -0.698. The number of hydrogen-bond donors (Lipinski definition) is 2. The van der Waals surface area contributed by atoms with Crippen LogP contribution in [0, 0.1) is 17.2 Å². The van der Waals surface area contributed by atoms with Gasteiger partial charge in [-0.25, -0.2) is 0 Å². The molecule has 1 aliphatic heterocycles. The molecule has 0 aromatic heterocycles. The van der Waals surface area contributed by atoms with E-state index in [-0.39, 0.29) is 36.9 Å². The number of hydrogen-bond acceptors (Lipinski definition) is 6. The van der Waals surface area contributed by atoms with Crippen LogP contribution >= 0.6 is 0 Å². The van der Waals surface area contributed by atoms with E-state index in [1.807, 2.05) is 30.3 Å². The van der Waals surface area contributed by atoms with Crippen molar-refractivity contribution in [2.75, 3.05) is 20.3 Å². The number of nitriles is 1. The lowest BCUT2D eigenvalue weighted by atomic mass is 9.85. The maximum atomic E-state index is 13.5. The first-order valence-corrected chi connectivity index (χ1v) is 12.0. The number of benzene rings is 2. The highest BCUT2D eigenvalue weighted by Gasteiger charge is 2.40. The van der Waals surface area contributed by atoms with Crippen molar-refractivity contribution in [2.45, 2.75) is 44.2 Å². The number of oxime groups is 1. The molecule has 2 aliphatic rings. The van der Waals surface area contributed by atoms with Crippen molar-refractivity contribution in [1.82, 2.24) is 10.2 Å². The summed E-state index contributed by atoms with van der Waals surface area (Å²) >= 11 is 0. The highest BCUT2D eigenvalue weighted by molar-refractivity contribution is 6.05. The van der Waals surface area contributed by atoms with Crippen molar-refractivity contribution in [3.8, 4) is 17.2 Å². The number of aliphatic hydroxyl groups excluding tert-OH is 1. The molecule has 1 saturated carbocycles. The Kier molecular flexibility index (Phi) is 7.78. The summed E-state index contributed by atoms with van der Waals surface area (Å²) in [5.41, 5.74) is 3.27. The summed E-state index contributed by atoms with van der Waals surface area (Å²) in [7, 11) is 1.44. The zero-order valence-electron chi connectivity index (χ0n) is 19.8. The molecular weight excluding hydrogens is 444 g/mol. The normalized spacial score (nSPS) is 23.1. The molecule has 1 aliphatic carbocycles. The van der Waals surface area contributed by atoms with Gasteiger partial charge < -0.3 is 20.2 Å². The zero-order valence-corrected chi connectivity index (χ0v) is 19.8. The summed E-state index contributed by atoms with van der Waals surface area (Å²) < 4.78 is 0. The number of amides is 2. The van der Waals surface area contributed by atoms with Crippen molar-refractivity contribution < 1.29 is 19.5 Å². The Balaban J connectivity index is 1.54. The Labute approximate surface area is 205 Å². The van der Waals surface area contributed by atoms with E-state index in [4.69, 9.17) is 4.84 Å². The molecule has 2 aromatic carbocycles. The Morgan fingerprint density at radius 1 is 1.17 bits per heavy atom. The number of nitrogens with zero attached hydrogens (tertiary/aromatic N) is 3.